The van der Waals surface area contributed by atoms with Crippen LogP contribution in [0.5, 0.6) is 5.75 Å². The number of nitrogens with zero attached hydrogens (tertiary/aromatic N) is 1. The van der Waals surface area contributed by atoms with Gasteiger partial charge in [-0.1, -0.05) is 0 Å². The molecule has 0 fully saturated rings. The first-order chi connectivity index (χ1) is 10.7. The Labute approximate surface area is 133 Å². The molecule has 3 N–H and O–H groups in total. The van der Waals surface area contributed by atoms with Crippen LogP contribution in [0.3, 0.4) is 0 Å². The molecule has 6 heteroatoms. The van der Waals surface area contributed by atoms with Crippen LogP contribution in [0.2, 0.25) is 0 Å². The van der Waals surface area contributed by atoms with Crippen LogP contribution in [0.15, 0.2) is 48.5 Å². The molecule has 0 aliphatic heterocycles. The van der Waals surface area contributed by atoms with Crippen molar-refractivity contribution in [3.63, 3.8) is 0 Å². The van der Waals surface area contributed by atoms with E-state index < -0.39 is 23.0 Å². The minimum atomic E-state index is -1.45. The zero-order chi connectivity index (χ0) is 17.2. The quantitative estimate of drug-likeness (QED) is 0.851. The number of benzene rings is 2. The van der Waals surface area contributed by atoms with Crippen molar-refractivity contribution in [3.8, 4) is 5.75 Å². The number of amides is 2. The second-order valence-electron chi connectivity index (χ2n) is 5.62. The van der Waals surface area contributed by atoms with Crippen LogP contribution >= 0.6 is 0 Å². The molecular weight excluding hydrogens is 299 g/mol. The summed E-state index contributed by atoms with van der Waals surface area (Å²) in [6.45, 7) is 2.85. The van der Waals surface area contributed by atoms with Crippen molar-refractivity contribution < 1.29 is 19.1 Å². The van der Waals surface area contributed by atoms with E-state index in [0.717, 1.165) is 0 Å². The molecule has 0 radical (unpaired) electrons. The first kappa shape index (κ1) is 16.5. The number of hydrogen-bond acceptors (Lipinski definition) is 3. The fraction of sp³-hybridized carbons (Fsp3) is 0.176. The fourth-order valence-electron chi connectivity index (χ4n) is 1.96. The van der Waals surface area contributed by atoms with Crippen molar-refractivity contribution in [3.05, 3.63) is 54.3 Å². The Morgan fingerprint density at radius 3 is 1.87 bits per heavy atom. The lowest BCUT2D eigenvalue weighted by Crippen LogP contribution is -2.46. The fourth-order valence-corrected chi connectivity index (χ4v) is 1.96. The summed E-state index contributed by atoms with van der Waals surface area (Å²) in [6, 6.07) is 11.2. The van der Waals surface area contributed by atoms with Crippen LogP contribution in [0, 0.1) is 11.2 Å². The largest absolute Gasteiger partial charge is 0.508 e. The smallest absolute Gasteiger partial charge is 0.246 e. The Bertz CT molecular complexity index is 679. The van der Waals surface area contributed by atoms with Gasteiger partial charge in [0.1, 0.15) is 17.0 Å². The minimum absolute atomic E-state index is 0.0365. The Kier molecular flexibility index (Phi) is 4.36. The van der Waals surface area contributed by atoms with Gasteiger partial charge < -0.3 is 10.8 Å². The van der Waals surface area contributed by atoms with Gasteiger partial charge in [0.05, 0.1) is 0 Å². The molecule has 0 aliphatic rings. The average Bonchev–Trinajstić information content (AvgIpc) is 2.51. The molecule has 2 aromatic carbocycles. The average molecular weight is 316 g/mol. The third kappa shape index (κ3) is 3.31. The Morgan fingerprint density at radius 2 is 1.43 bits per heavy atom. The maximum Gasteiger partial charge on any atom is 0.246 e. The van der Waals surface area contributed by atoms with E-state index in [-0.39, 0.29) is 5.75 Å². The number of nitrogens with two attached hydrogens (primary N) is 1. The third-order valence-electron chi connectivity index (χ3n) is 3.55. The summed E-state index contributed by atoms with van der Waals surface area (Å²) in [6.07, 6.45) is 0. The van der Waals surface area contributed by atoms with Crippen molar-refractivity contribution in [2.24, 2.45) is 11.1 Å². The number of carbonyl (C=O) groups is 2. The summed E-state index contributed by atoms with van der Waals surface area (Å²) in [5, 5.41) is 9.40. The maximum atomic E-state index is 13.2. The molecule has 0 saturated carbocycles. The Morgan fingerprint density at radius 1 is 1.00 bits per heavy atom. The summed E-state index contributed by atoms with van der Waals surface area (Å²) < 4.78 is 13.2. The maximum absolute atomic E-state index is 13.2. The number of carbonyl (C=O) groups excluding carboxylic acids is 2. The van der Waals surface area contributed by atoms with Gasteiger partial charge in [-0.25, -0.2) is 4.39 Å². The molecule has 2 rings (SSSR count). The molecule has 0 unspecified atom stereocenters. The van der Waals surface area contributed by atoms with Crippen molar-refractivity contribution in [2.75, 3.05) is 4.90 Å². The molecule has 5 nitrogen and oxygen atoms in total. The highest BCUT2D eigenvalue weighted by atomic mass is 19.1. The molecule has 0 aliphatic carbocycles. The lowest BCUT2D eigenvalue weighted by Gasteiger charge is -2.30. The molecule has 0 aromatic heterocycles. The molecule has 2 amide bonds. The second kappa shape index (κ2) is 6.08. The topological polar surface area (TPSA) is 83.6 Å². The number of phenols is 1. The van der Waals surface area contributed by atoms with Gasteiger partial charge in [0.25, 0.3) is 0 Å². The van der Waals surface area contributed by atoms with Gasteiger partial charge in [0.2, 0.25) is 11.8 Å². The zero-order valence-corrected chi connectivity index (χ0v) is 12.8. The third-order valence-corrected chi connectivity index (χ3v) is 3.55. The molecule has 0 heterocycles. The molecule has 0 spiro atoms. The first-order valence-electron chi connectivity index (χ1n) is 6.92. The van der Waals surface area contributed by atoms with E-state index in [0.29, 0.717) is 11.4 Å². The van der Waals surface area contributed by atoms with Crippen molar-refractivity contribution in [1.82, 2.24) is 0 Å². The number of rotatable bonds is 4. The minimum Gasteiger partial charge on any atom is -0.508 e. The predicted molar refractivity (Wildman–Crippen MR) is 84.6 cm³/mol. The number of aromatic hydroxyl groups is 1. The number of phenolic OH excluding ortho intramolecular Hbond substituents is 1. The lowest BCUT2D eigenvalue weighted by atomic mass is 9.90. The molecular formula is C17H17FN2O3. The molecule has 0 saturated heterocycles. The van der Waals surface area contributed by atoms with Crippen molar-refractivity contribution in [1.29, 1.82) is 0 Å². The van der Waals surface area contributed by atoms with Crippen LogP contribution in [0.4, 0.5) is 15.8 Å². The van der Waals surface area contributed by atoms with Gasteiger partial charge in [-0.3, -0.25) is 14.5 Å². The summed E-state index contributed by atoms with van der Waals surface area (Å²) in [4.78, 5) is 25.7. The highest BCUT2D eigenvalue weighted by molar-refractivity contribution is 6.13. The number of hydrogen-bond donors (Lipinski definition) is 2. The normalized spacial score (nSPS) is 11.1. The van der Waals surface area contributed by atoms with Crippen LogP contribution in [0.1, 0.15) is 13.8 Å². The van der Waals surface area contributed by atoms with E-state index in [1.807, 2.05) is 0 Å². The van der Waals surface area contributed by atoms with Gasteiger partial charge in [-0.05, 0) is 62.4 Å². The van der Waals surface area contributed by atoms with E-state index in [2.05, 4.69) is 0 Å². The molecule has 0 atom stereocenters. The number of anilines is 2. The van der Waals surface area contributed by atoms with E-state index in [4.69, 9.17) is 5.73 Å². The number of primary amides is 1. The standard InChI is InChI=1S/C17H17FN2O3/c1-17(2,15(19)22)16(23)20(12-5-3-11(18)4-6-12)13-7-9-14(21)10-8-13/h3-10,21H,1-2H3,(H2,19,22). The molecule has 120 valence electrons. The molecule has 0 bridgehead atoms. The summed E-state index contributed by atoms with van der Waals surface area (Å²) in [5.74, 6) is -1.73. The number of halogens is 1. The summed E-state index contributed by atoms with van der Waals surface area (Å²) in [7, 11) is 0. The van der Waals surface area contributed by atoms with Crippen molar-refractivity contribution >= 4 is 23.2 Å². The highest BCUT2D eigenvalue weighted by Crippen LogP contribution is 2.32. The van der Waals surface area contributed by atoms with Crippen LogP contribution in [-0.2, 0) is 9.59 Å². The van der Waals surface area contributed by atoms with Crippen LogP contribution < -0.4 is 10.6 Å². The Hall–Kier alpha value is -2.89. The molecule has 2 aromatic rings. The van der Waals surface area contributed by atoms with Gasteiger partial charge in [-0.2, -0.15) is 0 Å². The van der Waals surface area contributed by atoms with E-state index in [1.165, 1.54) is 67.3 Å². The lowest BCUT2D eigenvalue weighted by molar-refractivity contribution is -0.137. The highest BCUT2D eigenvalue weighted by Gasteiger charge is 2.38. The van der Waals surface area contributed by atoms with Gasteiger partial charge in [0, 0.05) is 11.4 Å². The molecule has 23 heavy (non-hydrogen) atoms. The van der Waals surface area contributed by atoms with Gasteiger partial charge >= 0.3 is 0 Å². The van der Waals surface area contributed by atoms with Gasteiger partial charge in [0.15, 0.2) is 0 Å². The van der Waals surface area contributed by atoms with Crippen LogP contribution in [-0.4, -0.2) is 16.9 Å². The van der Waals surface area contributed by atoms with Crippen molar-refractivity contribution in [2.45, 2.75) is 13.8 Å². The second-order valence-corrected chi connectivity index (χ2v) is 5.62. The monoisotopic (exact) mass is 316 g/mol. The first-order valence-corrected chi connectivity index (χ1v) is 6.92. The van der Waals surface area contributed by atoms with Crippen LogP contribution in [0.25, 0.3) is 0 Å². The summed E-state index contributed by atoms with van der Waals surface area (Å²) >= 11 is 0. The summed E-state index contributed by atoms with van der Waals surface area (Å²) in [5.41, 5.74) is 4.69. The van der Waals surface area contributed by atoms with E-state index in [9.17, 15) is 19.1 Å². The zero-order valence-electron chi connectivity index (χ0n) is 12.8. The van der Waals surface area contributed by atoms with E-state index >= 15 is 0 Å². The predicted octanol–water partition coefficient (Wildman–Crippen LogP) is 2.71. The Balaban J connectivity index is 2.55. The van der Waals surface area contributed by atoms with Gasteiger partial charge in [-0.15, -0.1) is 0 Å². The SMILES string of the molecule is CC(C)(C(N)=O)C(=O)N(c1ccc(O)cc1)c1ccc(F)cc1. The van der Waals surface area contributed by atoms with E-state index in [1.54, 1.807) is 0 Å².